The molecule has 1 amide bonds. The van der Waals surface area contributed by atoms with Gasteiger partial charge in [-0.05, 0) is 24.3 Å². The lowest BCUT2D eigenvalue weighted by Gasteiger charge is -2.21. The molecule has 2 N–H and O–H groups in total. The topological polar surface area (TPSA) is 84.5 Å². The second kappa shape index (κ2) is 5.51. The number of carbonyl (C=O) groups excluding carboxylic acids is 1. The van der Waals surface area contributed by atoms with Gasteiger partial charge in [0.25, 0.3) is 15.9 Å². The minimum Gasteiger partial charge on any atom is -0.481 e. The highest BCUT2D eigenvalue weighted by Crippen LogP contribution is 2.36. The molecule has 0 saturated carbocycles. The summed E-state index contributed by atoms with van der Waals surface area (Å²) in [6, 6.07) is 10.9. The molecule has 114 valence electrons. The fourth-order valence-corrected chi connectivity index (χ4v) is 3.64. The smallest absolute Gasteiger partial charge is 0.263 e. The molecular weight excluding hydrogens is 328 g/mol. The van der Waals surface area contributed by atoms with Gasteiger partial charge in [0.1, 0.15) is 16.3 Å². The highest BCUT2D eigenvalue weighted by Gasteiger charge is 2.23. The first-order valence-electron chi connectivity index (χ1n) is 6.30. The van der Waals surface area contributed by atoms with Crippen LogP contribution in [0, 0.1) is 0 Å². The van der Waals surface area contributed by atoms with Crippen molar-refractivity contribution in [1.82, 2.24) is 0 Å². The van der Waals surface area contributed by atoms with Gasteiger partial charge in [-0.25, -0.2) is 8.42 Å². The van der Waals surface area contributed by atoms with Crippen LogP contribution in [-0.4, -0.2) is 20.9 Å². The first kappa shape index (κ1) is 14.7. The molecule has 0 fully saturated rings. The first-order valence-corrected chi connectivity index (χ1v) is 8.16. The zero-order valence-electron chi connectivity index (χ0n) is 11.2. The second-order valence-electron chi connectivity index (χ2n) is 4.55. The third kappa shape index (κ3) is 2.72. The molecule has 0 aromatic heterocycles. The molecule has 1 aliphatic rings. The molecule has 1 heterocycles. The Labute approximate surface area is 132 Å². The average molecular weight is 339 g/mol. The van der Waals surface area contributed by atoms with Crippen LogP contribution in [0.2, 0.25) is 5.02 Å². The van der Waals surface area contributed by atoms with Crippen LogP contribution in [0.4, 0.5) is 11.4 Å². The van der Waals surface area contributed by atoms with E-state index in [4.69, 9.17) is 16.3 Å². The van der Waals surface area contributed by atoms with Crippen molar-refractivity contribution in [2.45, 2.75) is 4.90 Å². The van der Waals surface area contributed by atoms with Crippen LogP contribution in [0.3, 0.4) is 0 Å². The molecule has 1 aliphatic heterocycles. The number of amides is 1. The zero-order valence-corrected chi connectivity index (χ0v) is 12.7. The number of benzene rings is 2. The number of ether oxygens (including phenoxy) is 1. The molecule has 3 rings (SSSR count). The van der Waals surface area contributed by atoms with Crippen molar-refractivity contribution < 1.29 is 17.9 Å². The third-order valence-electron chi connectivity index (χ3n) is 3.02. The summed E-state index contributed by atoms with van der Waals surface area (Å²) < 4.78 is 32.5. The van der Waals surface area contributed by atoms with Gasteiger partial charge >= 0.3 is 0 Å². The lowest BCUT2D eigenvalue weighted by atomic mass is 10.2. The number of para-hydroxylation sites is 1. The summed E-state index contributed by atoms with van der Waals surface area (Å²) in [5.74, 6) is 0.0517. The van der Waals surface area contributed by atoms with Crippen LogP contribution in [0.5, 0.6) is 5.75 Å². The molecule has 0 radical (unpaired) electrons. The van der Waals surface area contributed by atoms with E-state index in [1.807, 2.05) is 0 Å². The van der Waals surface area contributed by atoms with Gasteiger partial charge in [-0.3, -0.25) is 9.52 Å². The van der Waals surface area contributed by atoms with Crippen molar-refractivity contribution in [3.05, 3.63) is 47.5 Å². The molecule has 2 aromatic carbocycles. The van der Waals surface area contributed by atoms with Crippen LogP contribution in [0.25, 0.3) is 0 Å². The fourth-order valence-electron chi connectivity index (χ4n) is 2.05. The number of anilines is 2. The van der Waals surface area contributed by atoms with Gasteiger partial charge in [-0.1, -0.05) is 29.8 Å². The van der Waals surface area contributed by atoms with Crippen molar-refractivity contribution in [2.75, 3.05) is 16.6 Å². The highest BCUT2D eigenvalue weighted by atomic mass is 35.5. The minimum atomic E-state index is -3.88. The predicted octanol–water partition coefficient (Wildman–Crippen LogP) is 2.47. The maximum absolute atomic E-state index is 12.4. The van der Waals surface area contributed by atoms with Crippen molar-refractivity contribution >= 4 is 38.9 Å². The Morgan fingerprint density at radius 3 is 2.68 bits per heavy atom. The van der Waals surface area contributed by atoms with Gasteiger partial charge in [0.15, 0.2) is 6.61 Å². The SMILES string of the molecule is O=C1COc2cccc(NS(=O)(=O)c3ccccc3Cl)c2N1. The Balaban J connectivity index is 2.01. The number of sulfonamides is 1. The Hall–Kier alpha value is -2.25. The third-order valence-corrected chi connectivity index (χ3v) is 4.89. The summed E-state index contributed by atoms with van der Waals surface area (Å²) in [4.78, 5) is 11.4. The van der Waals surface area contributed by atoms with Crippen LogP contribution < -0.4 is 14.8 Å². The van der Waals surface area contributed by atoms with E-state index in [0.717, 1.165) is 0 Å². The second-order valence-corrected chi connectivity index (χ2v) is 6.61. The number of hydrogen-bond acceptors (Lipinski definition) is 4. The molecule has 0 saturated heterocycles. The van der Waals surface area contributed by atoms with Crippen molar-refractivity contribution in [2.24, 2.45) is 0 Å². The largest absolute Gasteiger partial charge is 0.481 e. The van der Waals surface area contributed by atoms with E-state index in [9.17, 15) is 13.2 Å². The van der Waals surface area contributed by atoms with Gasteiger partial charge in [-0.15, -0.1) is 0 Å². The number of hydrogen-bond donors (Lipinski definition) is 2. The predicted molar refractivity (Wildman–Crippen MR) is 82.8 cm³/mol. The van der Waals surface area contributed by atoms with E-state index in [0.29, 0.717) is 5.75 Å². The normalized spacial score (nSPS) is 13.8. The van der Waals surface area contributed by atoms with E-state index in [2.05, 4.69) is 10.0 Å². The molecule has 0 bridgehead atoms. The van der Waals surface area contributed by atoms with Crippen molar-refractivity contribution in [1.29, 1.82) is 0 Å². The summed E-state index contributed by atoms with van der Waals surface area (Å²) in [5, 5.41) is 2.70. The maximum Gasteiger partial charge on any atom is 0.263 e. The summed E-state index contributed by atoms with van der Waals surface area (Å²) >= 11 is 5.93. The van der Waals surface area contributed by atoms with Gasteiger partial charge in [0.2, 0.25) is 0 Å². The zero-order chi connectivity index (χ0) is 15.7. The van der Waals surface area contributed by atoms with Crippen LogP contribution >= 0.6 is 11.6 Å². The molecule has 6 nitrogen and oxygen atoms in total. The summed E-state index contributed by atoms with van der Waals surface area (Å²) in [5.41, 5.74) is 0.500. The maximum atomic E-state index is 12.4. The van der Waals surface area contributed by atoms with E-state index in [1.54, 1.807) is 24.3 Å². The van der Waals surface area contributed by atoms with Crippen LogP contribution in [0.1, 0.15) is 0 Å². The summed E-state index contributed by atoms with van der Waals surface area (Å²) in [6.45, 7) is -0.103. The Kier molecular flexibility index (Phi) is 3.67. The standard InChI is InChI=1S/C14H11ClN2O4S/c15-9-4-1-2-7-12(9)22(19,20)17-10-5-3-6-11-14(10)16-13(18)8-21-11/h1-7,17H,8H2,(H,16,18). The molecule has 8 heteroatoms. The Morgan fingerprint density at radius 2 is 1.91 bits per heavy atom. The summed E-state index contributed by atoms with van der Waals surface area (Å²) in [7, 11) is -3.88. The Bertz CT molecular complexity index is 852. The quantitative estimate of drug-likeness (QED) is 0.900. The van der Waals surface area contributed by atoms with Crippen LogP contribution in [0.15, 0.2) is 47.4 Å². The lowest BCUT2D eigenvalue weighted by molar-refractivity contribution is -0.118. The molecule has 0 unspecified atom stereocenters. The van der Waals surface area contributed by atoms with E-state index in [1.165, 1.54) is 18.2 Å². The number of rotatable bonds is 3. The molecular formula is C14H11ClN2O4S. The van der Waals surface area contributed by atoms with E-state index in [-0.39, 0.29) is 33.8 Å². The van der Waals surface area contributed by atoms with Gasteiger partial charge in [0, 0.05) is 0 Å². The first-order chi connectivity index (χ1) is 10.5. The van der Waals surface area contributed by atoms with Gasteiger partial charge < -0.3 is 10.1 Å². The number of carbonyl (C=O) groups is 1. The van der Waals surface area contributed by atoms with Gasteiger partial charge in [0.05, 0.1) is 10.7 Å². The average Bonchev–Trinajstić information content (AvgIpc) is 2.48. The monoisotopic (exact) mass is 338 g/mol. The van der Waals surface area contributed by atoms with E-state index < -0.39 is 10.0 Å². The molecule has 22 heavy (non-hydrogen) atoms. The molecule has 0 spiro atoms. The summed E-state index contributed by atoms with van der Waals surface area (Å²) in [6.07, 6.45) is 0. The highest BCUT2D eigenvalue weighted by molar-refractivity contribution is 7.92. The number of halogens is 1. The fraction of sp³-hybridized carbons (Fsp3) is 0.0714. The number of fused-ring (bicyclic) bond motifs is 1. The lowest BCUT2D eigenvalue weighted by Crippen LogP contribution is -2.26. The van der Waals surface area contributed by atoms with E-state index >= 15 is 0 Å². The molecule has 2 aromatic rings. The van der Waals surface area contributed by atoms with Crippen molar-refractivity contribution in [3.8, 4) is 5.75 Å². The van der Waals surface area contributed by atoms with Crippen LogP contribution in [-0.2, 0) is 14.8 Å². The molecule has 0 aliphatic carbocycles. The minimum absolute atomic E-state index is 0.0441. The van der Waals surface area contributed by atoms with Crippen molar-refractivity contribution in [3.63, 3.8) is 0 Å². The molecule has 0 atom stereocenters. The Morgan fingerprint density at radius 1 is 1.14 bits per heavy atom. The van der Waals surface area contributed by atoms with Gasteiger partial charge in [-0.2, -0.15) is 0 Å². The number of nitrogens with one attached hydrogen (secondary N) is 2.